The van der Waals surface area contributed by atoms with Gasteiger partial charge in [-0.3, -0.25) is 4.79 Å². The fraction of sp³-hybridized carbons (Fsp3) is 0.316. The van der Waals surface area contributed by atoms with Crippen molar-refractivity contribution >= 4 is 52.2 Å². The van der Waals surface area contributed by atoms with E-state index in [4.69, 9.17) is 46.4 Å². The highest BCUT2D eigenvalue weighted by atomic mass is 35.5. The average Bonchev–Trinajstić information content (AvgIpc) is 2.61. The van der Waals surface area contributed by atoms with Crippen molar-refractivity contribution in [3.63, 3.8) is 0 Å². The maximum atomic E-state index is 13.2. The smallest absolute Gasteiger partial charge is 0.170 e. The monoisotopic (exact) mass is 431 g/mol. The van der Waals surface area contributed by atoms with Gasteiger partial charge in [-0.25, -0.2) is 0 Å². The highest BCUT2D eigenvalue weighted by Crippen LogP contribution is 2.41. The number of benzene rings is 2. The molecule has 26 heavy (non-hydrogen) atoms. The molecule has 0 aliphatic carbocycles. The van der Waals surface area contributed by atoms with Crippen LogP contribution in [0.3, 0.4) is 0 Å². The van der Waals surface area contributed by atoms with Crippen LogP contribution in [0.5, 0.6) is 0 Å². The molecule has 2 aromatic rings. The normalized spacial score (nSPS) is 23.8. The number of Topliss-reactive ketones (excluding diaryl/α,β-unsaturated/α-hetero) is 1. The zero-order valence-corrected chi connectivity index (χ0v) is 17.0. The number of hydrogen-bond donors (Lipinski definition) is 1. The first-order valence-electron chi connectivity index (χ1n) is 8.08. The van der Waals surface area contributed by atoms with E-state index in [1.807, 2.05) is 11.9 Å². The lowest BCUT2D eigenvalue weighted by molar-refractivity contribution is -0.0593. The number of piperidine rings is 1. The quantitative estimate of drug-likeness (QED) is 0.667. The topological polar surface area (TPSA) is 40.5 Å². The number of halogens is 4. The molecule has 0 amide bonds. The van der Waals surface area contributed by atoms with Crippen LogP contribution in [0, 0.1) is 5.92 Å². The Hall–Kier alpha value is -0.810. The average molecular weight is 433 g/mol. The number of carbonyl (C=O) groups is 1. The number of hydrogen-bond acceptors (Lipinski definition) is 3. The lowest BCUT2D eigenvalue weighted by Gasteiger charge is -2.43. The molecule has 0 saturated carbocycles. The van der Waals surface area contributed by atoms with E-state index >= 15 is 0 Å². The minimum atomic E-state index is -1.34. The maximum absolute atomic E-state index is 13.2. The number of carbonyl (C=O) groups excluding carboxylic acids is 1. The second-order valence-electron chi connectivity index (χ2n) is 6.61. The van der Waals surface area contributed by atoms with Gasteiger partial charge in [-0.15, -0.1) is 0 Å². The summed E-state index contributed by atoms with van der Waals surface area (Å²) in [5, 5.41) is 12.9. The molecule has 3 rings (SSSR count). The van der Waals surface area contributed by atoms with Crippen LogP contribution < -0.4 is 0 Å². The summed E-state index contributed by atoms with van der Waals surface area (Å²) < 4.78 is 0. The molecule has 0 radical (unpaired) electrons. The highest BCUT2D eigenvalue weighted by molar-refractivity contribution is 6.42. The van der Waals surface area contributed by atoms with Crippen molar-refractivity contribution in [2.75, 3.05) is 20.1 Å². The molecule has 2 atom stereocenters. The van der Waals surface area contributed by atoms with Crippen molar-refractivity contribution in [2.24, 2.45) is 5.92 Å². The van der Waals surface area contributed by atoms with Crippen molar-refractivity contribution in [1.29, 1.82) is 0 Å². The van der Waals surface area contributed by atoms with Crippen LogP contribution in [-0.2, 0) is 5.60 Å². The van der Waals surface area contributed by atoms with Crippen LogP contribution in [0.4, 0.5) is 0 Å². The van der Waals surface area contributed by atoms with E-state index < -0.39 is 11.5 Å². The zero-order valence-electron chi connectivity index (χ0n) is 14.0. The summed E-state index contributed by atoms with van der Waals surface area (Å²) in [6.07, 6.45) is 0.402. The van der Waals surface area contributed by atoms with E-state index in [2.05, 4.69) is 0 Å². The third-order valence-electron chi connectivity index (χ3n) is 4.89. The van der Waals surface area contributed by atoms with Crippen LogP contribution in [0.1, 0.15) is 22.3 Å². The molecule has 0 bridgehead atoms. The Balaban J connectivity index is 2.03. The molecule has 0 aromatic heterocycles. The summed E-state index contributed by atoms with van der Waals surface area (Å²) in [6, 6.07) is 9.73. The van der Waals surface area contributed by atoms with Gasteiger partial charge < -0.3 is 10.0 Å². The summed E-state index contributed by atoms with van der Waals surface area (Å²) in [6.45, 7) is 1.07. The minimum absolute atomic E-state index is 0.191. The third kappa shape index (κ3) is 3.75. The molecule has 138 valence electrons. The summed E-state index contributed by atoms with van der Waals surface area (Å²) in [5.41, 5.74) is -0.346. The van der Waals surface area contributed by atoms with Gasteiger partial charge in [0.2, 0.25) is 0 Å². The Morgan fingerprint density at radius 1 is 1.04 bits per heavy atom. The van der Waals surface area contributed by atoms with Crippen molar-refractivity contribution in [3.8, 4) is 0 Å². The molecule has 1 saturated heterocycles. The zero-order chi connectivity index (χ0) is 19.1. The predicted molar refractivity (Wildman–Crippen MR) is 107 cm³/mol. The van der Waals surface area contributed by atoms with Gasteiger partial charge in [-0.05, 0) is 49.4 Å². The number of rotatable bonds is 3. The Morgan fingerprint density at radius 3 is 2.27 bits per heavy atom. The van der Waals surface area contributed by atoms with Crippen molar-refractivity contribution in [2.45, 2.75) is 12.0 Å². The molecule has 7 heteroatoms. The standard InChI is InChI=1S/C19H17Cl4NO2/c1-24-7-6-19(26,12-3-5-15(21)17(23)9-12)13(10-24)18(25)11-2-4-14(20)16(22)8-11/h2-5,8-9,13,26H,6-7,10H2,1H3. The summed E-state index contributed by atoms with van der Waals surface area (Å²) in [7, 11) is 1.92. The van der Waals surface area contributed by atoms with Gasteiger partial charge in [0, 0.05) is 18.7 Å². The number of aliphatic hydroxyl groups is 1. The molecule has 1 N–H and O–H groups in total. The van der Waals surface area contributed by atoms with Gasteiger partial charge in [0.1, 0.15) is 5.60 Å². The predicted octanol–water partition coefficient (Wildman–Crippen LogP) is 5.32. The van der Waals surface area contributed by atoms with Crippen LogP contribution in [-0.4, -0.2) is 35.9 Å². The van der Waals surface area contributed by atoms with Gasteiger partial charge >= 0.3 is 0 Å². The molecule has 2 unspecified atom stereocenters. The first-order chi connectivity index (χ1) is 12.2. The second-order valence-corrected chi connectivity index (χ2v) is 8.24. The van der Waals surface area contributed by atoms with E-state index in [1.165, 1.54) is 6.07 Å². The van der Waals surface area contributed by atoms with Crippen LogP contribution >= 0.6 is 46.4 Å². The Kier molecular flexibility index (Phi) is 5.88. The van der Waals surface area contributed by atoms with Gasteiger partial charge in [0.25, 0.3) is 0 Å². The highest BCUT2D eigenvalue weighted by Gasteiger charge is 2.46. The Labute approximate surface area is 172 Å². The first kappa shape index (κ1) is 19.9. The largest absolute Gasteiger partial charge is 0.384 e. The van der Waals surface area contributed by atoms with Gasteiger partial charge in [-0.1, -0.05) is 52.5 Å². The molecule has 3 nitrogen and oxygen atoms in total. The molecule has 1 fully saturated rings. The number of ketones is 1. The molecule has 0 spiro atoms. The molecule has 2 aromatic carbocycles. The van der Waals surface area contributed by atoms with E-state index in [1.54, 1.807) is 30.3 Å². The molecule has 1 heterocycles. The molecular formula is C19H17Cl4NO2. The fourth-order valence-corrected chi connectivity index (χ4v) is 3.95. The third-order valence-corrected chi connectivity index (χ3v) is 6.36. The maximum Gasteiger partial charge on any atom is 0.170 e. The van der Waals surface area contributed by atoms with E-state index in [-0.39, 0.29) is 5.78 Å². The van der Waals surface area contributed by atoms with Crippen molar-refractivity contribution in [3.05, 3.63) is 67.6 Å². The van der Waals surface area contributed by atoms with E-state index in [0.717, 1.165) is 0 Å². The molecular weight excluding hydrogens is 416 g/mol. The number of likely N-dealkylation sites (tertiary alicyclic amines) is 1. The Bertz CT molecular complexity index is 857. The van der Waals surface area contributed by atoms with Crippen LogP contribution in [0.15, 0.2) is 36.4 Å². The van der Waals surface area contributed by atoms with E-state index in [0.29, 0.717) is 50.7 Å². The minimum Gasteiger partial charge on any atom is -0.384 e. The number of nitrogens with zero attached hydrogens (tertiary/aromatic N) is 1. The van der Waals surface area contributed by atoms with E-state index in [9.17, 15) is 9.90 Å². The van der Waals surface area contributed by atoms with Gasteiger partial charge in [-0.2, -0.15) is 0 Å². The lowest BCUT2D eigenvalue weighted by Crippen LogP contribution is -2.52. The molecule has 1 aliphatic rings. The molecule has 1 aliphatic heterocycles. The summed E-state index contributed by atoms with van der Waals surface area (Å²) in [5.74, 6) is -0.862. The summed E-state index contributed by atoms with van der Waals surface area (Å²) in [4.78, 5) is 15.2. The lowest BCUT2D eigenvalue weighted by atomic mass is 9.73. The summed E-state index contributed by atoms with van der Waals surface area (Å²) >= 11 is 24.1. The van der Waals surface area contributed by atoms with Gasteiger partial charge in [0.05, 0.1) is 26.0 Å². The first-order valence-corrected chi connectivity index (χ1v) is 9.59. The van der Waals surface area contributed by atoms with Crippen molar-refractivity contribution < 1.29 is 9.90 Å². The Morgan fingerprint density at radius 2 is 1.65 bits per heavy atom. The van der Waals surface area contributed by atoms with Crippen molar-refractivity contribution in [1.82, 2.24) is 4.90 Å². The second kappa shape index (κ2) is 7.67. The van der Waals surface area contributed by atoms with Crippen LogP contribution in [0.25, 0.3) is 0 Å². The SMILES string of the molecule is CN1CCC(O)(c2ccc(Cl)c(Cl)c2)C(C(=O)c2ccc(Cl)c(Cl)c2)C1. The van der Waals surface area contributed by atoms with Gasteiger partial charge in [0.15, 0.2) is 5.78 Å². The van der Waals surface area contributed by atoms with Crippen LogP contribution in [0.2, 0.25) is 20.1 Å². The fourth-order valence-electron chi connectivity index (χ4n) is 3.35.